The van der Waals surface area contributed by atoms with Crippen molar-refractivity contribution in [3.8, 4) is 5.75 Å². The largest absolute Gasteiger partial charge is 0.497 e. The van der Waals surface area contributed by atoms with Crippen LogP contribution in [0.15, 0.2) is 42.5 Å². The number of methoxy groups -OCH3 is 1. The van der Waals surface area contributed by atoms with E-state index in [1.165, 1.54) is 18.2 Å². The van der Waals surface area contributed by atoms with Crippen LogP contribution in [0.1, 0.15) is 37.1 Å². The molecule has 0 saturated carbocycles. The van der Waals surface area contributed by atoms with Crippen LogP contribution < -0.4 is 10.1 Å². The number of benzene rings is 2. The molecule has 2 aromatic carbocycles. The summed E-state index contributed by atoms with van der Waals surface area (Å²) in [5, 5.41) is 3.21. The van der Waals surface area contributed by atoms with Crippen LogP contribution in [0.3, 0.4) is 0 Å². The fourth-order valence-corrected chi connectivity index (χ4v) is 2.37. The third-order valence-corrected chi connectivity index (χ3v) is 3.55. The molecule has 1 N–H and O–H groups in total. The fourth-order valence-electron chi connectivity index (χ4n) is 2.37. The molecule has 2 aromatic rings. The molecular weight excluding hydrogens is 272 g/mol. The second-order valence-corrected chi connectivity index (χ2v) is 5.02. The van der Waals surface area contributed by atoms with Gasteiger partial charge in [0, 0.05) is 17.6 Å². The monoisotopic (exact) mass is 291 g/mol. The van der Waals surface area contributed by atoms with Crippen LogP contribution >= 0.6 is 0 Å². The number of nitrogens with one attached hydrogen (secondary N) is 1. The maximum atomic E-state index is 13.8. The smallest absolute Gasteiger partial charge is 0.130 e. The van der Waals surface area contributed by atoms with Crippen LogP contribution in [-0.4, -0.2) is 7.11 Å². The molecule has 0 aliphatic rings. The summed E-state index contributed by atoms with van der Waals surface area (Å²) < 4.78 is 32.6. The molecule has 0 aliphatic carbocycles. The summed E-state index contributed by atoms with van der Waals surface area (Å²) in [5.41, 5.74) is 1.09. The van der Waals surface area contributed by atoms with Crippen LogP contribution in [0.25, 0.3) is 0 Å². The lowest BCUT2D eigenvalue weighted by Gasteiger charge is -2.21. The lowest BCUT2D eigenvalue weighted by Crippen LogP contribution is -2.24. The minimum absolute atomic E-state index is 0.0371. The van der Waals surface area contributed by atoms with Crippen LogP contribution in [0, 0.1) is 11.6 Å². The number of rotatable bonds is 5. The van der Waals surface area contributed by atoms with Crippen molar-refractivity contribution < 1.29 is 13.5 Å². The van der Waals surface area contributed by atoms with Gasteiger partial charge in [-0.2, -0.15) is 0 Å². The molecule has 0 saturated heterocycles. The van der Waals surface area contributed by atoms with Crippen LogP contribution in [0.5, 0.6) is 5.75 Å². The molecule has 0 fully saturated rings. The zero-order valence-electron chi connectivity index (χ0n) is 12.4. The number of hydrogen-bond donors (Lipinski definition) is 1. The van der Waals surface area contributed by atoms with Gasteiger partial charge in [-0.05, 0) is 43.7 Å². The van der Waals surface area contributed by atoms with Crippen LogP contribution in [-0.2, 0) is 0 Å². The molecule has 0 amide bonds. The van der Waals surface area contributed by atoms with Gasteiger partial charge in [-0.3, -0.25) is 0 Å². The van der Waals surface area contributed by atoms with Gasteiger partial charge in [0.1, 0.15) is 17.4 Å². The molecule has 0 aromatic heterocycles. The summed E-state index contributed by atoms with van der Waals surface area (Å²) in [6.07, 6.45) is 0. The van der Waals surface area contributed by atoms with Gasteiger partial charge in [-0.15, -0.1) is 0 Å². The van der Waals surface area contributed by atoms with Gasteiger partial charge < -0.3 is 10.1 Å². The summed E-state index contributed by atoms with van der Waals surface area (Å²) in [7, 11) is 1.61. The molecule has 2 atom stereocenters. The Labute approximate surface area is 123 Å². The highest BCUT2D eigenvalue weighted by atomic mass is 19.1. The summed E-state index contributed by atoms with van der Waals surface area (Å²) >= 11 is 0. The summed E-state index contributed by atoms with van der Waals surface area (Å²) in [5.74, 6) is -0.284. The summed E-state index contributed by atoms with van der Waals surface area (Å²) in [6.45, 7) is 3.71. The average Bonchev–Trinajstić information content (AvgIpc) is 2.47. The van der Waals surface area contributed by atoms with Crippen molar-refractivity contribution in [2.45, 2.75) is 25.9 Å². The van der Waals surface area contributed by atoms with E-state index < -0.39 is 17.7 Å². The molecule has 0 spiro atoms. The molecular formula is C17H19F2NO. The molecule has 112 valence electrons. The maximum Gasteiger partial charge on any atom is 0.130 e. The van der Waals surface area contributed by atoms with E-state index in [9.17, 15) is 8.78 Å². The standard InChI is InChI=1S/C17H19F2NO/c1-11(13-7-9-14(21-3)10-8-13)20-12(2)17-15(18)5-4-6-16(17)19/h4-12,20H,1-3H3. The van der Waals surface area contributed by atoms with Crippen molar-refractivity contribution in [3.63, 3.8) is 0 Å². The average molecular weight is 291 g/mol. The van der Waals surface area contributed by atoms with Gasteiger partial charge in [0.05, 0.1) is 7.11 Å². The van der Waals surface area contributed by atoms with Crippen molar-refractivity contribution >= 4 is 0 Å². The van der Waals surface area contributed by atoms with Gasteiger partial charge in [-0.1, -0.05) is 18.2 Å². The van der Waals surface area contributed by atoms with Crippen molar-refractivity contribution in [2.75, 3.05) is 7.11 Å². The van der Waals surface area contributed by atoms with E-state index in [1.807, 2.05) is 31.2 Å². The first-order chi connectivity index (χ1) is 10.0. The van der Waals surface area contributed by atoms with Gasteiger partial charge >= 0.3 is 0 Å². The van der Waals surface area contributed by atoms with E-state index in [-0.39, 0.29) is 11.6 Å². The Hall–Kier alpha value is -1.94. The molecule has 0 bridgehead atoms. The van der Waals surface area contributed by atoms with Gasteiger partial charge in [-0.25, -0.2) is 8.78 Å². The Morgan fingerprint density at radius 1 is 0.905 bits per heavy atom. The van der Waals surface area contributed by atoms with Crippen molar-refractivity contribution in [1.29, 1.82) is 0 Å². The van der Waals surface area contributed by atoms with Gasteiger partial charge in [0.2, 0.25) is 0 Å². The van der Waals surface area contributed by atoms with E-state index >= 15 is 0 Å². The molecule has 0 radical (unpaired) electrons. The minimum atomic E-state index is -0.531. The lowest BCUT2D eigenvalue weighted by atomic mass is 10.0. The van der Waals surface area contributed by atoms with Gasteiger partial charge in [0.25, 0.3) is 0 Å². The van der Waals surface area contributed by atoms with E-state index in [2.05, 4.69) is 5.32 Å². The summed E-state index contributed by atoms with van der Waals surface area (Å²) in [6, 6.07) is 11.0. The van der Waals surface area contributed by atoms with E-state index in [1.54, 1.807) is 14.0 Å². The number of hydrogen-bond acceptors (Lipinski definition) is 2. The molecule has 21 heavy (non-hydrogen) atoms. The predicted octanol–water partition coefficient (Wildman–Crippen LogP) is 4.39. The van der Waals surface area contributed by atoms with E-state index in [0.29, 0.717) is 0 Å². The quantitative estimate of drug-likeness (QED) is 0.882. The first kappa shape index (κ1) is 15.4. The highest BCUT2D eigenvalue weighted by molar-refractivity contribution is 5.29. The second kappa shape index (κ2) is 6.68. The first-order valence-electron chi connectivity index (χ1n) is 6.87. The number of halogens is 2. The predicted molar refractivity (Wildman–Crippen MR) is 79.3 cm³/mol. The molecule has 0 aliphatic heterocycles. The number of ether oxygens (including phenoxy) is 1. The Morgan fingerprint density at radius 3 is 2.00 bits per heavy atom. The Kier molecular flexibility index (Phi) is 4.91. The first-order valence-corrected chi connectivity index (χ1v) is 6.87. The Balaban J connectivity index is 2.12. The van der Waals surface area contributed by atoms with Crippen molar-refractivity contribution in [2.24, 2.45) is 0 Å². The SMILES string of the molecule is COc1ccc(C(C)NC(C)c2c(F)cccc2F)cc1. The third-order valence-electron chi connectivity index (χ3n) is 3.55. The topological polar surface area (TPSA) is 21.3 Å². The molecule has 4 heteroatoms. The molecule has 2 rings (SSSR count). The lowest BCUT2D eigenvalue weighted by molar-refractivity contribution is 0.414. The maximum absolute atomic E-state index is 13.8. The zero-order valence-corrected chi connectivity index (χ0v) is 12.4. The Morgan fingerprint density at radius 2 is 1.48 bits per heavy atom. The van der Waals surface area contributed by atoms with Crippen LogP contribution in [0.2, 0.25) is 0 Å². The fraction of sp³-hybridized carbons (Fsp3) is 0.294. The summed E-state index contributed by atoms with van der Waals surface area (Å²) in [4.78, 5) is 0. The zero-order chi connectivity index (χ0) is 15.4. The van der Waals surface area contributed by atoms with Crippen LogP contribution in [0.4, 0.5) is 8.78 Å². The Bertz CT molecular complexity index is 578. The molecule has 2 nitrogen and oxygen atoms in total. The van der Waals surface area contributed by atoms with Crippen molar-refractivity contribution in [3.05, 3.63) is 65.2 Å². The molecule has 2 unspecified atom stereocenters. The van der Waals surface area contributed by atoms with E-state index in [4.69, 9.17) is 4.74 Å². The highest BCUT2D eigenvalue weighted by Gasteiger charge is 2.18. The minimum Gasteiger partial charge on any atom is -0.497 e. The third kappa shape index (κ3) is 3.58. The van der Waals surface area contributed by atoms with Crippen molar-refractivity contribution in [1.82, 2.24) is 5.32 Å². The van der Waals surface area contributed by atoms with E-state index in [0.717, 1.165) is 11.3 Å². The molecule has 0 heterocycles. The normalized spacial score (nSPS) is 13.8. The van der Waals surface area contributed by atoms with Gasteiger partial charge in [0.15, 0.2) is 0 Å². The second-order valence-electron chi connectivity index (χ2n) is 5.02. The highest BCUT2D eigenvalue weighted by Crippen LogP contribution is 2.24.